The third kappa shape index (κ3) is 6.69. The van der Waals surface area contributed by atoms with E-state index in [1.54, 1.807) is 7.11 Å². The van der Waals surface area contributed by atoms with Crippen molar-refractivity contribution in [3.63, 3.8) is 0 Å². The van der Waals surface area contributed by atoms with Crippen molar-refractivity contribution < 1.29 is 9.47 Å². The number of pyridine rings is 1. The normalized spacial score (nSPS) is 10.8. The van der Waals surface area contributed by atoms with Crippen LogP contribution in [0.5, 0.6) is 0 Å². The fourth-order valence-corrected chi connectivity index (χ4v) is 1.61. The molecule has 4 heteroatoms. The summed E-state index contributed by atoms with van der Waals surface area (Å²) in [7, 11) is 1.69. The van der Waals surface area contributed by atoms with Gasteiger partial charge in [0.2, 0.25) is 0 Å². The molecule has 0 saturated carbocycles. The number of unbranched alkanes of at least 4 members (excludes halogenated alkanes) is 1. The summed E-state index contributed by atoms with van der Waals surface area (Å²) < 4.78 is 10.3. The summed E-state index contributed by atoms with van der Waals surface area (Å²) in [5.74, 6) is 0. The van der Waals surface area contributed by atoms with E-state index < -0.39 is 0 Å². The Morgan fingerprint density at radius 2 is 2.11 bits per heavy atom. The van der Waals surface area contributed by atoms with Crippen LogP contribution in [0.2, 0.25) is 0 Å². The molecule has 0 saturated heterocycles. The van der Waals surface area contributed by atoms with Gasteiger partial charge < -0.3 is 14.8 Å². The number of nitrogens with one attached hydrogen (secondary N) is 1. The predicted octanol–water partition coefficient (Wildman–Crippen LogP) is 1.92. The van der Waals surface area contributed by atoms with Gasteiger partial charge in [-0.2, -0.15) is 0 Å². The third-order valence-corrected chi connectivity index (χ3v) is 2.73. The second-order valence-electron chi connectivity index (χ2n) is 4.26. The summed E-state index contributed by atoms with van der Waals surface area (Å²) >= 11 is 0. The average Bonchev–Trinajstić information content (AvgIpc) is 2.39. The molecule has 0 aliphatic rings. The summed E-state index contributed by atoms with van der Waals surface area (Å²) in [4.78, 5) is 4.34. The number of ether oxygens (including phenoxy) is 2. The Hall–Kier alpha value is -0.970. The van der Waals surface area contributed by atoms with Crippen molar-refractivity contribution in [3.05, 3.63) is 29.6 Å². The molecule has 4 nitrogen and oxygen atoms in total. The molecular weight excluding hydrogens is 228 g/mol. The van der Waals surface area contributed by atoms with E-state index in [2.05, 4.69) is 23.3 Å². The Kier molecular flexibility index (Phi) is 8.38. The molecular formula is C14H24N2O2. The lowest BCUT2D eigenvalue weighted by Gasteiger charge is -2.07. The van der Waals surface area contributed by atoms with Crippen molar-refractivity contribution in [3.8, 4) is 0 Å². The van der Waals surface area contributed by atoms with Gasteiger partial charge in [0.1, 0.15) is 0 Å². The van der Waals surface area contributed by atoms with Gasteiger partial charge in [0, 0.05) is 26.5 Å². The number of nitrogens with zero attached hydrogens (tertiary/aromatic N) is 1. The predicted molar refractivity (Wildman–Crippen MR) is 72.6 cm³/mol. The molecule has 0 unspecified atom stereocenters. The van der Waals surface area contributed by atoms with Crippen LogP contribution in [0.1, 0.15) is 24.1 Å². The molecule has 0 aliphatic carbocycles. The van der Waals surface area contributed by atoms with E-state index in [0.717, 1.165) is 38.2 Å². The number of aryl methyl sites for hydroxylation is 1. The molecule has 1 heterocycles. The standard InChI is InChI=1S/C14H24N2O2/c1-13-6-5-8-16-14(13)12-15-7-3-4-9-18-11-10-17-2/h5-6,8,15H,3-4,7,9-12H2,1-2H3. The molecule has 0 amide bonds. The van der Waals surface area contributed by atoms with E-state index in [1.807, 2.05) is 12.3 Å². The third-order valence-electron chi connectivity index (χ3n) is 2.73. The first-order valence-electron chi connectivity index (χ1n) is 6.52. The Bertz CT molecular complexity index is 318. The van der Waals surface area contributed by atoms with E-state index in [9.17, 15) is 0 Å². The van der Waals surface area contributed by atoms with Gasteiger partial charge in [0.05, 0.1) is 18.9 Å². The molecule has 0 aromatic carbocycles. The van der Waals surface area contributed by atoms with Crippen molar-refractivity contribution >= 4 is 0 Å². The molecule has 0 radical (unpaired) electrons. The van der Waals surface area contributed by atoms with Crippen molar-refractivity contribution in [1.29, 1.82) is 0 Å². The highest BCUT2D eigenvalue weighted by molar-refractivity contribution is 5.17. The van der Waals surface area contributed by atoms with Crippen LogP contribution >= 0.6 is 0 Å². The molecule has 18 heavy (non-hydrogen) atoms. The number of methoxy groups -OCH3 is 1. The molecule has 1 aromatic rings. The van der Waals surface area contributed by atoms with Gasteiger partial charge in [-0.05, 0) is 37.9 Å². The zero-order valence-corrected chi connectivity index (χ0v) is 11.4. The van der Waals surface area contributed by atoms with Crippen LogP contribution in [0.15, 0.2) is 18.3 Å². The Labute approximate surface area is 110 Å². The van der Waals surface area contributed by atoms with Crippen LogP contribution in [0.4, 0.5) is 0 Å². The van der Waals surface area contributed by atoms with Crippen molar-refractivity contribution in [2.24, 2.45) is 0 Å². The highest BCUT2D eigenvalue weighted by Crippen LogP contribution is 2.02. The quantitative estimate of drug-likeness (QED) is 0.646. The van der Waals surface area contributed by atoms with Crippen LogP contribution in [-0.4, -0.2) is 38.5 Å². The van der Waals surface area contributed by atoms with Crippen LogP contribution in [0.25, 0.3) is 0 Å². The Balaban J connectivity index is 1.94. The highest BCUT2D eigenvalue weighted by Gasteiger charge is 1.97. The molecule has 1 N–H and O–H groups in total. The highest BCUT2D eigenvalue weighted by atomic mass is 16.5. The molecule has 0 bridgehead atoms. The summed E-state index contributed by atoms with van der Waals surface area (Å²) in [5.41, 5.74) is 2.38. The smallest absolute Gasteiger partial charge is 0.0700 e. The lowest BCUT2D eigenvalue weighted by atomic mass is 10.2. The fraction of sp³-hybridized carbons (Fsp3) is 0.643. The number of hydrogen-bond donors (Lipinski definition) is 1. The molecule has 1 aromatic heterocycles. The fourth-order valence-electron chi connectivity index (χ4n) is 1.61. The first-order valence-corrected chi connectivity index (χ1v) is 6.52. The minimum Gasteiger partial charge on any atom is -0.382 e. The second-order valence-corrected chi connectivity index (χ2v) is 4.26. The molecule has 1 rings (SSSR count). The first kappa shape index (κ1) is 15.1. The van der Waals surface area contributed by atoms with Crippen LogP contribution < -0.4 is 5.32 Å². The van der Waals surface area contributed by atoms with Crippen LogP contribution in [0.3, 0.4) is 0 Å². The SMILES string of the molecule is COCCOCCCCNCc1ncccc1C. The van der Waals surface area contributed by atoms with Gasteiger partial charge in [-0.1, -0.05) is 6.07 Å². The van der Waals surface area contributed by atoms with Gasteiger partial charge in [-0.3, -0.25) is 4.98 Å². The van der Waals surface area contributed by atoms with E-state index in [0.29, 0.717) is 13.2 Å². The molecule has 0 aliphatic heterocycles. The number of aromatic nitrogens is 1. The summed E-state index contributed by atoms with van der Waals surface area (Å²) in [6, 6.07) is 4.06. The van der Waals surface area contributed by atoms with E-state index in [4.69, 9.17) is 9.47 Å². The van der Waals surface area contributed by atoms with E-state index in [1.165, 1.54) is 5.56 Å². The van der Waals surface area contributed by atoms with Crippen molar-refractivity contribution in [2.75, 3.05) is 33.5 Å². The van der Waals surface area contributed by atoms with E-state index >= 15 is 0 Å². The zero-order chi connectivity index (χ0) is 13.1. The largest absolute Gasteiger partial charge is 0.382 e. The van der Waals surface area contributed by atoms with Gasteiger partial charge in [0.15, 0.2) is 0 Å². The van der Waals surface area contributed by atoms with Gasteiger partial charge in [-0.25, -0.2) is 0 Å². The van der Waals surface area contributed by atoms with Gasteiger partial charge in [0.25, 0.3) is 0 Å². The summed E-state index contributed by atoms with van der Waals surface area (Å²) in [5, 5.41) is 3.40. The summed E-state index contributed by atoms with van der Waals surface area (Å²) in [6.45, 7) is 6.12. The Morgan fingerprint density at radius 1 is 1.22 bits per heavy atom. The van der Waals surface area contributed by atoms with Crippen LogP contribution in [0, 0.1) is 6.92 Å². The van der Waals surface area contributed by atoms with E-state index in [-0.39, 0.29) is 0 Å². The first-order chi connectivity index (χ1) is 8.84. The lowest BCUT2D eigenvalue weighted by molar-refractivity contribution is 0.0688. The molecule has 0 atom stereocenters. The maximum absolute atomic E-state index is 5.39. The minimum atomic E-state index is 0.678. The minimum absolute atomic E-state index is 0.678. The summed E-state index contributed by atoms with van der Waals surface area (Å²) in [6.07, 6.45) is 4.05. The maximum Gasteiger partial charge on any atom is 0.0700 e. The number of rotatable bonds is 10. The lowest BCUT2D eigenvalue weighted by Crippen LogP contribution is -2.17. The number of hydrogen-bond acceptors (Lipinski definition) is 4. The van der Waals surface area contributed by atoms with Crippen molar-refractivity contribution in [1.82, 2.24) is 10.3 Å². The maximum atomic E-state index is 5.39. The Morgan fingerprint density at radius 3 is 2.89 bits per heavy atom. The topological polar surface area (TPSA) is 43.4 Å². The van der Waals surface area contributed by atoms with Crippen molar-refractivity contribution in [2.45, 2.75) is 26.3 Å². The monoisotopic (exact) mass is 252 g/mol. The second kappa shape index (κ2) is 10.00. The van der Waals surface area contributed by atoms with Crippen LogP contribution in [-0.2, 0) is 16.0 Å². The van der Waals surface area contributed by atoms with Gasteiger partial charge in [-0.15, -0.1) is 0 Å². The average molecular weight is 252 g/mol. The zero-order valence-electron chi connectivity index (χ0n) is 11.4. The molecule has 0 spiro atoms. The molecule has 0 fully saturated rings. The van der Waals surface area contributed by atoms with Gasteiger partial charge >= 0.3 is 0 Å². The molecule has 102 valence electrons.